The Morgan fingerprint density at radius 3 is 3.23 bits per heavy atom. The van der Waals surface area contributed by atoms with Crippen molar-refractivity contribution in [3.8, 4) is 0 Å². The maximum absolute atomic E-state index is 11.2. The van der Waals surface area contributed by atoms with Crippen LogP contribution in [0.3, 0.4) is 0 Å². The second-order valence-electron chi connectivity index (χ2n) is 2.75. The van der Waals surface area contributed by atoms with Crippen LogP contribution in [0.25, 0.3) is 10.4 Å². The Morgan fingerprint density at radius 1 is 1.77 bits per heavy atom. The van der Waals surface area contributed by atoms with Crippen LogP contribution in [-0.4, -0.2) is 31.7 Å². The van der Waals surface area contributed by atoms with E-state index >= 15 is 0 Å². The first-order valence-corrected chi connectivity index (χ1v) is 4.25. The fraction of sp³-hybridized carbons (Fsp3) is 0.857. The molecule has 0 aromatic rings. The van der Waals surface area contributed by atoms with E-state index < -0.39 is 0 Å². The van der Waals surface area contributed by atoms with E-state index in [9.17, 15) is 4.79 Å². The van der Waals surface area contributed by atoms with Gasteiger partial charge in [0.2, 0.25) is 5.91 Å². The highest BCUT2D eigenvalue weighted by Crippen LogP contribution is 2.11. The highest BCUT2D eigenvalue weighted by Gasteiger charge is 2.22. The van der Waals surface area contributed by atoms with Crippen molar-refractivity contribution in [1.82, 2.24) is 5.32 Å². The van der Waals surface area contributed by atoms with Crippen molar-refractivity contribution >= 4 is 5.91 Å². The second-order valence-corrected chi connectivity index (χ2v) is 2.75. The number of amides is 1. The van der Waals surface area contributed by atoms with Gasteiger partial charge < -0.3 is 10.1 Å². The van der Waals surface area contributed by atoms with E-state index in [0.717, 1.165) is 12.8 Å². The average molecular weight is 184 g/mol. The first-order chi connectivity index (χ1) is 6.34. The maximum atomic E-state index is 11.2. The van der Waals surface area contributed by atoms with E-state index in [1.165, 1.54) is 0 Å². The summed E-state index contributed by atoms with van der Waals surface area (Å²) in [5, 5.41) is 5.93. The first-order valence-electron chi connectivity index (χ1n) is 4.25. The summed E-state index contributed by atoms with van der Waals surface area (Å²) in [7, 11) is 0. The number of nitrogens with zero attached hydrogens (tertiary/aromatic N) is 3. The number of rotatable bonds is 4. The smallest absolute Gasteiger partial charge is 0.249 e. The van der Waals surface area contributed by atoms with Crippen LogP contribution in [0.5, 0.6) is 0 Å². The minimum atomic E-state index is -0.300. The highest BCUT2D eigenvalue weighted by molar-refractivity contribution is 5.80. The lowest BCUT2D eigenvalue weighted by Crippen LogP contribution is -2.35. The van der Waals surface area contributed by atoms with Crippen LogP contribution >= 0.6 is 0 Å². The quantitative estimate of drug-likeness (QED) is 0.300. The molecule has 6 heteroatoms. The van der Waals surface area contributed by atoms with E-state index in [1.54, 1.807) is 0 Å². The van der Waals surface area contributed by atoms with Gasteiger partial charge in [-0.25, -0.2) is 0 Å². The fourth-order valence-corrected chi connectivity index (χ4v) is 1.17. The Hall–Kier alpha value is -1.26. The Kier molecular flexibility index (Phi) is 4.08. The van der Waals surface area contributed by atoms with Gasteiger partial charge in [0.1, 0.15) is 6.10 Å². The molecule has 0 saturated carbocycles. The molecule has 72 valence electrons. The summed E-state index contributed by atoms with van der Waals surface area (Å²) in [6, 6.07) is 0. The standard InChI is InChI=1S/C7H12N4O2/c8-11-10-4-3-9-7(12)6-2-1-5-13-6/h6H,1-5H2,(H,9,12). The lowest BCUT2D eigenvalue weighted by atomic mass is 10.2. The number of ether oxygens (including phenoxy) is 1. The zero-order valence-corrected chi connectivity index (χ0v) is 7.27. The van der Waals surface area contributed by atoms with Gasteiger partial charge in [0.15, 0.2) is 0 Å². The summed E-state index contributed by atoms with van der Waals surface area (Å²) in [5.41, 5.74) is 7.96. The number of nitrogens with one attached hydrogen (secondary N) is 1. The van der Waals surface area contributed by atoms with Crippen molar-refractivity contribution in [2.75, 3.05) is 19.7 Å². The lowest BCUT2D eigenvalue weighted by molar-refractivity contribution is -0.129. The minimum absolute atomic E-state index is 0.106. The molecule has 1 aliphatic heterocycles. The predicted molar refractivity (Wildman–Crippen MR) is 46.0 cm³/mol. The van der Waals surface area contributed by atoms with E-state index in [2.05, 4.69) is 15.3 Å². The molecule has 1 saturated heterocycles. The van der Waals surface area contributed by atoms with E-state index in [-0.39, 0.29) is 18.6 Å². The van der Waals surface area contributed by atoms with Crippen molar-refractivity contribution in [3.63, 3.8) is 0 Å². The van der Waals surface area contributed by atoms with Crippen molar-refractivity contribution in [3.05, 3.63) is 10.4 Å². The van der Waals surface area contributed by atoms with Crippen LogP contribution < -0.4 is 5.32 Å². The van der Waals surface area contributed by atoms with Gasteiger partial charge in [-0.1, -0.05) is 5.11 Å². The Labute approximate surface area is 75.9 Å². The van der Waals surface area contributed by atoms with Gasteiger partial charge in [-0.15, -0.1) is 0 Å². The average Bonchev–Trinajstić information content (AvgIpc) is 2.65. The third-order valence-electron chi connectivity index (χ3n) is 1.80. The van der Waals surface area contributed by atoms with E-state index in [4.69, 9.17) is 10.3 Å². The van der Waals surface area contributed by atoms with Crippen molar-refractivity contribution < 1.29 is 9.53 Å². The van der Waals surface area contributed by atoms with Crippen LogP contribution in [0.2, 0.25) is 0 Å². The van der Waals surface area contributed by atoms with Gasteiger partial charge in [-0.05, 0) is 18.4 Å². The summed E-state index contributed by atoms with van der Waals surface area (Å²) in [4.78, 5) is 13.8. The summed E-state index contributed by atoms with van der Waals surface area (Å²) in [6.45, 7) is 1.33. The third kappa shape index (κ3) is 3.31. The Balaban J connectivity index is 2.13. The number of hydrogen-bond donors (Lipinski definition) is 1. The molecule has 13 heavy (non-hydrogen) atoms. The molecule has 1 amide bonds. The molecule has 6 nitrogen and oxygen atoms in total. The molecule has 1 rings (SSSR count). The van der Waals surface area contributed by atoms with E-state index in [0.29, 0.717) is 13.2 Å². The Morgan fingerprint density at radius 2 is 2.62 bits per heavy atom. The van der Waals surface area contributed by atoms with Crippen LogP contribution in [-0.2, 0) is 9.53 Å². The molecule has 0 spiro atoms. The predicted octanol–water partition coefficient (Wildman–Crippen LogP) is 0.592. The monoisotopic (exact) mass is 184 g/mol. The molecule has 1 atom stereocenters. The third-order valence-corrected chi connectivity index (χ3v) is 1.80. The Bertz CT molecular complexity index is 219. The van der Waals surface area contributed by atoms with Crippen LogP contribution in [0.4, 0.5) is 0 Å². The molecule has 0 aliphatic carbocycles. The van der Waals surface area contributed by atoms with Crippen LogP contribution in [0.1, 0.15) is 12.8 Å². The zero-order valence-electron chi connectivity index (χ0n) is 7.27. The molecule has 1 fully saturated rings. The second kappa shape index (κ2) is 5.40. The molecular weight excluding hydrogens is 172 g/mol. The summed E-state index contributed by atoms with van der Waals surface area (Å²) >= 11 is 0. The molecule has 1 unspecified atom stereocenters. The van der Waals surface area contributed by atoms with Crippen molar-refractivity contribution in [2.24, 2.45) is 5.11 Å². The SMILES string of the molecule is [N-]=[N+]=NCCNC(=O)C1CCCO1. The van der Waals surface area contributed by atoms with Crippen LogP contribution in [0.15, 0.2) is 5.11 Å². The van der Waals surface area contributed by atoms with Gasteiger partial charge in [0.05, 0.1) is 0 Å². The number of azide groups is 1. The first kappa shape index (κ1) is 9.83. The number of carbonyl (C=O) groups is 1. The maximum Gasteiger partial charge on any atom is 0.249 e. The number of hydrogen-bond acceptors (Lipinski definition) is 3. The highest BCUT2D eigenvalue weighted by atomic mass is 16.5. The topological polar surface area (TPSA) is 87.1 Å². The zero-order chi connectivity index (χ0) is 9.52. The molecule has 0 aromatic heterocycles. The largest absolute Gasteiger partial charge is 0.368 e. The van der Waals surface area contributed by atoms with Crippen LogP contribution in [0, 0.1) is 0 Å². The fourth-order valence-electron chi connectivity index (χ4n) is 1.17. The molecule has 0 aromatic carbocycles. The summed E-state index contributed by atoms with van der Waals surface area (Å²) in [6.07, 6.45) is 1.42. The summed E-state index contributed by atoms with van der Waals surface area (Å²) < 4.78 is 5.16. The minimum Gasteiger partial charge on any atom is -0.368 e. The van der Waals surface area contributed by atoms with E-state index in [1.807, 2.05) is 0 Å². The summed E-state index contributed by atoms with van der Waals surface area (Å²) in [5.74, 6) is -0.106. The molecule has 1 N–H and O–H groups in total. The van der Waals surface area contributed by atoms with Gasteiger partial charge in [-0.2, -0.15) is 0 Å². The molecule has 1 heterocycles. The normalized spacial score (nSPS) is 20.8. The molecule has 0 radical (unpaired) electrons. The van der Waals surface area contributed by atoms with Crippen molar-refractivity contribution in [2.45, 2.75) is 18.9 Å². The van der Waals surface area contributed by atoms with Crippen molar-refractivity contribution in [1.29, 1.82) is 0 Å². The molecule has 0 bridgehead atoms. The van der Waals surface area contributed by atoms with Gasteiger partial charge >= 0.3 is 0 Å². The van der Waals surface area contributed by atoms with Gasteiger partial charge in [0.25, 0.3) is 0 Å². The van der Waals surface area contributed by atoms with Gasteiger partial charge in [-0.3, -0.25) is 4.79 Å². The molecular formula is C7H12N4O2. The number of carbonyl (C=O) groups excluding carboxylic acids is 1. The van der Waals surface area contributed by atoms with Gasteiger partial charge in [0, 0.05) is 24.6 Å². The lowest BCUT2D eigenvalue weighted by Gasteiger charge is -2.08. The molecule has 1 aliphatic rings.